The van der Waals surface area contributed by atoms with Crippen LogP contribution >= 0.6 is 11.6 Å². The van der Waals surface area contributed by atoms with E-state index in [0.717, 1.165) is 22.7 Å². The van der Waals surface area contributed by atoms with Crippen LogP contribution < -0.4 is 10.1 Å². The van der Waals surface area contributed by atoms with E-state index >= 15 is 0 Å². The van der Waals surface area contributed by atoms with Crippen molar-refractivity contribution in [1.82, 2.24) is 20.1 Å². The van der Waals surface area contributed by atoms with Gasteiger partial charge in [0.2, 0.25) is 0 Å². The van der Waals surface area contributed by atoms with Gasteiger partial charge in [-0.15, -0.1) is 0 Å². The number of ether oxygens (including phenoxy) is 2. The minimum atomic E-state index is -0.348. The number of pyridine rings is 1. The molecule has 0 fully saturated rings. The van der Waals surface area contributed by atoms with Gasteiger partial charge in [-0.25, -0.2) is 9.67 Å². The molecule has 0 aliphatic heterocycles. The third kappa shape index (κ3) is 5.34. The summed E-state index contributed by atoms with van der Waals surface area (Å²) in [4.78, 5) is 17.0. The fourth-order valence-corrected chi connectivity index (χ4v) is 2.97. The van der Waals surface area contributed by atoms with Crippen molar-refractivity contribution < 1.29 is 14.3 Å². The second kappa shape index (κ2) is 9.54. The Balaban J connectivity index is 1.66. The second-order valence-corrected chi connectivity index (χ2v) is 6.91. The summed E-state index contributed by atoms with van der Waals surface area (Å²) in [5.74, 6) is 0.945. The first-order valence-electron chi connectivity index (χ1n) is 9.17. The molecule has 152 valence electrons. The molecule has 7 nitrogen and oxygen atoms in total. The van der Waals surface area contributed by atoms with Crippen molar-refractivity contribution in [1.29, 1.82) is 0 Å². The number of hydrogen-bond acceptors (Lipinski definition) is 5. The molecule has 0 atom stereocenters. The third-order valence-electron chi connectivity index (χ3n) is 4.21. The molecule has 29 heavy (non-hydrogen) atoms. The largest absolute Gasteiger partial charge is 0.491 e. The number of halogens is 1. The molecule has 0 aliphatic rings. The molecule has 2 heterocycles. The van der Waals surface area contributed by atoms with Gasteiger partial charge < -0.3 is 14.8 Å². The van der Waals surface area contributed by atoms with Crippen LogP contribution in [0.2, 0.25) is 5.02 Å². The standard InChI is InChI=1S/C21H23ClN4O3/c1-14-12-15(2)26(25-14)19-9-8-18(22)20(24-19)21(27)23-13-16-4-6-17(7-5-16)29-11-10-28-3/h4-9,12H,10-11,13H2,1-3H3,(H,23,27). The maximum Gasteiger partial charge on any atom is 0.271 e. The number of nitrogens with one attached hydrogen (secondary N) is 1. The van der Waals surface area contributed by atoms with Crippen molar-refractivity contribution in [2.45, 2.75) is 20.4 Å². The number of aryl methyl sites for hydroxylation is 2. The zero-order chi connectivity index (χ0) is 20.8. The lowest BCUT2D eigenvalue weighted by molar-refractivity contribution is 0.0946. The monoisotopic (exact) mass is 414 g/mol. The summed E-state index contributed by atoms with van der Waals surface area (Å²) < 4.78 is 12.2. The molecule has 1 aromatic carbocycles. The summed E-state index contributed by atoms with van der Waals surface area (Å²) >= 11 is 6.21. The predicted molar refractivity (Wildman–Crippen MR) is 111 cm³/mol. The van der Waals surface area contributed by atoms with Crippen LogP contribution in [0.25, 0.3) is 5.82 Å². The van der Waals surface area contributed by atoms with E-state index in [1.807, 2.05) is 44.2 Å². The van der Waals surface area contributed by atoms with Crippen LogP contribution in [0.1, 0.15) is 27.4 Å². The van der Waals surface area contributed by atoms with Gasteiger partial charge in [-0.3, -0.25) is 4.79 Å². The van der Waals surface area contributed by atoms with Crippen LogP contribution in [0.5, 0.6) is 5.75 Å². The van der Waals surface area contributed by atoms with Gasteiger partial charge >= 0.3 is 0 Å². The highest BCUT2D eigenvalue weighted by Gasteiger charge is 2.15. The number of nitrogens with zero attached hydrogens (tertiary/aromatic N) is 3. The van der Waals surface area contributed by atoms with Crippen LogP contribution in [0, 0.1) is 13.8 Å². The molecule has 3 rings (SSSR count). The third-order valence-corrected chi connectivity index (χ3v) is 4.51. The summed E-state index contributed by atoms with van der Waals surface area (Å²) in [6.45, 7) is 5.20. The van der Waals surface area contributed by atoms with Crippen LogP contribution in [0.3, 0.4) is 0 Å². The van der Waals surface area contributed by atoms with E-state index in [2.05, 4.69) is 15.4 Å². The molecular weight excluding hydrogens is 392 g/mol. The molecular formula is C21H23ClN4O3. The maximum absolute atomic E-state index is 12.6. The number of aromatic nitrogens is 3. The first-order chi connectivity index (χ1) is 14.0. The molecule has 0 saturated heterocycles. The smallest absolute Gasteiger partial charge is 0.271 e. The van der Waals surface area contributed by atoms with E-state index in [1.54, 1.807) is 23.9 Å². The average Bonchev–Trinajstić information content (AvgIpc) is 3.05. The number of amides is 1. The van der Waals surface area contributed by atoms with E-state index in [9.17, 15) is 4.79 Å². The molecule has 0 bridgehead atoms. The Hall–Kier alpha value is -2.90. The number of rotatable bonds is 8. The van der Waals surface area contributed by atoms with Gasteiger partial charge in [0.1, 0.15) is 18.1 Å². The van der Waals surface area contributed by atoms with Crippen molar-refractivity contribution >= 4 is 17.5 Å². The molecule has 0 spiro atoms. The van der Waals surface area contributed by atoms with Crippen molar-refractivity contribution in [3.63, 3.8) is 0 Å². The van der Waals surface area contributed by atoms with Gasteiger partial charge in [0.15, 0.2) is 5.82 Å². The summed E-state index contributed by atoms with van der Waals surface area (Å²) in [5, 5.41) is 7.54. The van der Waals surface area contributed by atoms with Gasteiger partial charge in [-0.1, -0.05) is 23.7 Å². The molecule has 1 amide bonds. The van der Waals surface area contributed by atoms with Gasteiger partial charge in [-0.05, 0) is 49.7 Å². The summed E-state index contributed by atoms with van der Waals surface area (Å²) in [7, 11) is 1.63. The summed E-state index contributed by atoms with van der Waals surface area (Å²) in [5.41, 5.74) is 2.90. The first kappa shape index (κ1) is 20.8. The van der Waals surface area contributed by atoms with Gasteiger partial charge in [-0.2, -0.15) is 5.10 Å². The summed E-state index contributed by atoms with van der Waals surface area (Å²) in [6, 6.07) is 12.8. The van der Waals surface area contributed by atoms with E-state index in [4.69, 9.17) is 21.1 Å². The Morgan fingerprint density at radius 2 is 1.90 bits per heavy atom. The van der Waals surface area contributed by atoms with Crippen molar-refractivity contribution in [2.75, 3.05) is 20.3 Å². The number of carbonyl (C=O) groups is 1. The lowest BCUT2D eigenvalue weighted by atomic mass is 10.2. The van der Waals surface area contributed by atoms with Crippen LogP contribution in [-0.4, -0.2) is 41.0 Å². The zero-order valence-electron chi connectivity index (χ0n) is 16.6. The average molecular weight is 415 g/mol. The molecule has 2 aromatic heterocycles. The van der Waals surface area contributed by atoms with Crippen molar-refractivity contribution in [2.24, 2.45) is 0 Å². The molecule has 1 N–H and O–H groups in total. The van der Waals surface area contributed by atoms with Crippen LogP contribution in [-0.2, 0) is 11.3 Å². The molecule has 0 aliphatic carbocycles. The Morgan fingerprint density at radius 3 is 2.55 bits per heavy atom. The van der Waals surface area contributed by atoms with E-state index in [1.165, 1.54) is 0 Å². The molecule has 8 heteroatoms. The van der Waals surface area contributed by atoms with Gasteiger partial charge in [0, 0.05) is 19.3 Å². The Kier molecular flexibility index (Phi) is 6.85. The van der Waals surface area contributed by atoms with E-state index in [-0.39, 0.29) is 16.6 Å². The molecule has 3 aromatic rings. The number of hydrogen-bond donors (Lipinski definition) is 1. The highest BCUT2D eigenvalue weighted by Crippen LogP contribution is 2.18. The Bertz CT molecular complexity index is 986. The van der Waals surface area contributed by atoms with E-state index in [0.29, 0.717) is 25.6 Å². The molecule has 0 unspecified atom stereocenters. The van der Waals surface area contributed by atoms with Gasteiger partial charge in [0.25, 0.3) is 5.91 Å². The van der Waals surface area contributed by atoms with Crippen LogP contribution in [0.4, 0.5) is 0 Å². The van der Waals surface area contributed by atoms with E-state index < -0.39 is 0 Å². The predicted octanol–water partition coefficient (Wildman–Crippen LogP) is 3.49. The van der Waals surface area contributed by atoms with Crippen molar-refractivity contribution in [3.05, 3.63) is 70.1 Å². The zero-order valence-corrected chi connectivity index (χ0v) is 17.4. The number of benzene rings is 1. The first-order valence-corrected chi connectivity index (χ1v) is 9.55. The lowest BCUT2D eigenvalue weighted by Gasteiger charge is -2.10. The fourth-order valence-electron chi connectivity index (χ4n) is 2.78. The number of carbonyl (C=O) groups excluding carboxylic acids is 1. The Morgan fingerprint density at radius 1 is 1.14 bits per heavy atom. The second-order valence-electron chi connectivity index (χ2n) is 6.51. The van der Waals surface area contributed by atoms with Gasteiger partial charge in [0.05, 0.1) is 17.3 Å². The lowest BCUT2D eigenvalue weighted by Crippen LogP contribution is -2.24. The normalized spacial score (nSPS) is 10.8. The molecule has 0 radical (unpaired) electrons. The fraction of sp³-hybridized carbons (Fsp3) is 0.286. The molecule has 0 saturated carbocycles. The minimum Gasteiger partial charge on any atom is -0.491 e. The summed E-state index contributed by atoms with van der Waals surface area (Å²) in [6.07, 6.45) is 0. The maximum atomic E-state index is 12.6. The van der Waals surface area contributed by atoms with Crippen LogP contribution in [0.15, 0.2) is 42.5 Å². The highest BCUT2D eigenvalue weighted by atomic mass is 35.5. The quantitative estimate of drug-likeness (QED) is 0.571. The Labute approximate surface area is 174 Å². The highest BCUT2D eigenvalue weighted by molar-refractivity contribution is 6.33. The minimum absolute atomic E-state index is 0.163. The SMILES string of the molecule is COCCOc1ccc(CNC(=O)c2nc(-n3nc(C)cc3C)ccc2Cl)cc1. The van der Waals surface area contributed by atoms with Crippen molar-refractivity contribution in [3.8, 4) is 11.6 Å². The topological polar surface area (TPSA) is 78.3 Å². The number of methoxy groups -OCH3 is 1.